The lowest BCUT2D eigenvalue weighted by molar-refractivity contribution is 0.398. The molecule has 2 aromatic heterocycles. The van der Waals surface area contributed by atoms with E-state index < -0.39 is 10.0 Å². The number of nitrogens with two attached hydrogens (primary N) is 1. The van der Waals surface area contributed by atoms with E-state index in [4.69, 9.17) is 14.9 Å². The van der Waals surface area contributed by atoms with Gasteiger partial charge in [-0.1, -0.05) is 0 Å². The molecule has 0 radical (unpaired) electrons. The highest BCUT2D eigenvalue weighted by Crippen LogP contribution is 2.27. The van der Waals surface area contributed by atoms with Crippen molar-refractivity contribution in [2.45, 2.75) is 11.4 Å². The number of ether oxygens (including phenoxy) is 1. The maximum Gasteiger partial charge on any atom is 0.266 e. The molecule has 2 aromatic rings. The molecule has 7 nitrogen and oxygen atoms in total. The minimum Gasteiger partial charge on any atom is -0.481 e. The van der Waals surface area contributed by atoms with Gasteiger partial charge in [-0.15, -0.1) is 0 Å². The second kappa shape index (κ2) is 5.81. The highest BCUT2D eigenvalue weighted by atomic mass is 79.9. The molecule has 0 unspecified atom stereocenters. The molecule has 9 heteroatoms. The SMILES string of the molecule is COc1ccc(NS(=O)(=O)c2cc(CN)oc2Br)cn1. The summed E-state index contributed by atoms with van der Waals surface area (Å²) in [5.74, 6) is 0.757. The molecule has 0 atom stereocenters. The van der Waals surface area contributed by atoms with Crippen LogP contribution < -0.4 is 15.2 Å². The summed E-state index contributed by atoms with van der Waals surface area (Å²) in [5, 5.41) is 0. The molecular weight excluding hydrogens is 350 g/mol. The van der Waals surface area contributed by atoms with Gasteiger partial charge in [0.15, 0.2) is 4.67 Å². The lowest BCUT2D eigenvalue weighted by Crippen LogP contribution is -2.12. The summed E-state index contributed by atoms with van der Waals surface area (Å²) >= 11 is 3.05. The number of hydrogen-bond donors (Lipinski definition) is 2. The molecule has 2 rings (SSSR count). The van der Waals surface area contributed by atoms with E-state index in [1.807, 2.05) is 0 Å². The lowest BCUT2D eigenvalue weighted by atomic mass is 10.4. The number of anilines is 1. The van der Waals surface area contributed by atoms with Crippen LogP contribution in [-0.2, 0) is 16.6 Å². The number of rotatable bonds is 5. The molecule has 0 saturated carbocycles. The van der Waals surface area contributed by atoms with E-state index in [0.717, 1.165) is 0 Å². The Morgan fingerprint density at radius 1 is 1.50 bits per heavy atom. The Morgan fingerprint density at radius 3 is 2.75 bits per heavy atom. The zero-order valence-electron chi connectivity index (χ0n) is 10.5. The van der Waals surface area contributed by atoms with Gasteiger partial charge in [-0.25, -0.2) is 13.4 Å². The second-order valence-electron chi connectivity index (χ2n) is 3.75. The number of pyridine rings is 1. The summed E-state index contributed by atoms with van der Waals surface area (Å²) < 4.78 is 37.0. The summed E-state index contributed by atoms with van der Waals surface area (Å²) in [7, 11) is -2.30. The molecule has 2 heterocycles. The van der Waals surface area contributed by atoms with Crippen molar-refractivity contribution < 1.29 is 17.6 Å². The standard InChI is InChI=1S/C11H12BrN3O4S/c1-18-10-3-2-7(6-14-10)15-20(16,17)9-4-8(5-13)19-11(9)12/h2-4,6,15H,5,13H2,1H3. The van der Waals surface area contributed by atoms with Gasteiger partial charge in [0.05, 0.1) is 25.5 Å². The number of nitrogens with zero attached hydrogens (tertiary/aromatic N) is 1. The fourth-order valence-corrected chi connectivity index (χ4v) is 3.50. The Balaban J connectivity index is 2.27. The maximum absolute atomic E-state index is 12.2. The molecule has 0 aromatic carbocycles. The van der Waals surface area contributed by atoms with E-state index in [-0.39, 0.29) is 16.1 Å². The predicted molar refractivity (Wildman–Crippen MR) is 75.9 cm³/mol. The van der Waals surface area contributed by atoms with Gasteiger partial charge in [-0.2, -0.15) is 0 Å². The first kappa shape index (κ1) is 14.8. The zero-order valence-corrected chi connectivity index (χ0v) is 12.9. The largest absolute Gasteiger partial charge is 0.481 e. The van der Waals surface area contributed by atoms with Crippen LogP contribution in [0.25, 0.3) is 0 Å². The molecule has 108 valence electrons. The summed E-state index contributed by atoms with van der Waals surface area (Å²) in [6.07, 6.45) is 1.36. The van der Waals surface area contributed by atoms with Crippen LogP contribution in [0.4, 0.5) is 5.69 Å². The number of aromatic nitrogens is 1. The smallest absolute Gasteiger partial charge is 0.266 e. The normalized spacial score (nSPS) is 11.3. The van der Waals surface area contributed by atoms with Crippen molar-refractivity contribution in [2.75, 3.05) is 11.8 Å². The number of hydrogen-bond acceptors (Lipinski definition) is 6. The molecule has 0 aliphatic heterocycles. The Kier molecular flexibility index (Phi) is 4.31. The van der Waals surface area contributed by atoms with Crippen molar-refractivity contribution in [3.8, 4) is 5.88 Å². The van der Waals surface area contributed by atoms with Crippen LogP contribution in [0.1, 0.15) is 5.76 Å². The van der Waals surface area contributed by atoms with Crippen LogP contribution in [0.3, 0.4) is 0 Å². The Labute approximate surface area is 124 Å². The van der Waals surface area contributed by atoms with E-state index in [0.29, 0.717) is 17.3 Å². The van der Waals surface area contributed by atoms with Gasteiger partial charge in [-0.3, -0.25) is 4.72 Å². The predicted octanol–water partition coefficient (Wildman–Crippen LogP) is 1.71. The van der Waals surface area contributed by atoms with Crippen LogP contribution in [0.5, 0.6) is 5.88 Å². The van der Waals surface area contributed by atoms with Crippen molar-refractivity contribution in [1.82, 2.24) is 4.98 Å². The van der Waals surface area contributed by atoms with Crippen molar-refractivity contribution in [3.05, 3.63) is 34.8 Å². The van der Waals surface area contributed by atoms with Crippen LogP contribution >= 0.6 is 15.9 Å². The maximum atomic E-state index is 12.2. The Hall–Kier alpha value is -1.58. The number of furan rings is 1. The highest BCUT2D eigenvalue weighted by Gasteiger charge is 2.22. The van der Waals surface area contributed by atoms with Crippen LogP contribution in [0.2, 0.25) is 0 Å². The first-order valence-electron chi connectivity index (χ1n) is 5.47. The van der Waals surface area contributed by atoms with Gasteiger partial charge in [0.1, 0.15) is 10.7 Å². The summed E-state index contributed by atoms with van der Waals surface area (Å²) in [6, 6.07) is 4.46. The fourth-order valence-electron chi connectivity index (χ4n) is 1.45. The third kappa shape index (κ3) is 3.11. The highest BCUT2D eigenvalue weighted by molar-refractivity contribution is 9.10. The molecule has 0 saturated heterocycles. The van der Waals surface area contributed by atoms with Crippen molar-refractivity contribution in [1.29, 1.82) is 0 Å². The Morgan fingerprint density at radius 2 is 2.25 bits per heavy atom. The minimum absolute atomic E-state index is 0.0197. The summed E-state index contributed by atoms with van der Waals surface area (Å²) in [4.78, 5) is 3.89. The van der Waals surface area contributed by atoms with Crippen molar-refractivity contribution >= 4 is 31.6 Å². The molecular formula is C11H12BrN3O4S. The van der Waals surface area contributed by atoms with E-state index in [9.17, 15) is 8.42 Å². The monoisotopic (exact) mass is 361 g/mol. The minimum atomic E-state index is -3.78. The lowest BCUT2D eigenvalue weighted by Gasteiger charge is -2.06. The third-order valence-electron chi connectivity index (χ3n) is 2.39. The van der Waals surface area contributed by atoms with Crippen molar-refractivity contribution in [3.63, 3.8) is 0 Å². The quantitative estimate of drug-likeness (QED) is 0.838. The van der Waals surface area contributed by atoms with Gasteiger partial charge < -0.3 is 14.9 Å². The van der Waals surface area contributed by atoms with E-state index in [1.54, 1.807) is 12.1 Å². The van der Waals surface area contributed by atoms with E-state index in [2.05, 4.69) is 25.6 Å². The second-order valence-corrected chi connectivity index (χ2v) is 6.12. The van der Waals surface area contributed by atoms with Gasteiger partial charge in [0.25, 0.3) is 10.0 Å². The first-order valence-corrected chi connectivity index (χ1v) is 7.75. The van der Waals surface area contributed by atoms with Crippen molar-refractivity contribution in [2.24, 2.45) is 5.73 Å². The molecule has 0 aliphatic rings. The van der Waals surface area contributed by atoms with E-state index >= 15 is 0 Å². The molecule has 0 bridgehead atoms. The van der Waals surface area contributed by atoms with Gasteiger partial charge in [-0.05, 0) is 22.0 Å². The molecule has 0 aliphatic carbocycles. The van der Waals surface area contributed by atoms with Gasteiger partial charge in [0.2, 0.25) is 5.88 Å². The molecule has 3 N–H and O–H groups in total. The number of halogens is 1. The number of sulfonamides is 1. The van der Waals surface area contributed by atoms with Crippen LogP contribution in [-0.4, -0.2) is 20.5 Å². The number of nitrogens with one attached hydrogen (secondary N) is 1. The molecule has 20 heavy (non-hydrogen) atoms. The summed E-state index contributed by atoms with van der Waals surface area (Å²) in [5.41, 5.74) is 5.72. The average Bonchev–Trinajstić information content (AvgIpc) is 2.81. The topological polar surface area (TPSA) is 107 Å². The first-order chi connectivity index (χ1) is 9.46. The molecule has 0 amide bonds. The van der Waals surface area contributed by atoms with Crippen LogP contribution in [0, 0.1) is 0 Å². The fraction of sp³-hybridized carbons (Fsp3) is 0.182. The molecule has 0 fully saturated rings. The third-order valence-corrected chi connectivity index (χ3v) is 4.63. The number of methoxy groups -OCH3 is 1. The average molecular weight is 362 g/mol. The van der Waals surface area contributed by atoms with Gasteiger partial charge >= 0.3 is 0 Å². The Bertz CT molecular complexity index is 697. The van der Waals surface area contributed by atoms with Crippen LogP contribution in [0.15, 0.2) is 38.4 Å². The zero-order chi connectivity index (χ0) is 14.8. The van der Waals surface area contributed by atoms with E-state index in [1.165, 1.54) is 19.4 Å². The van der Waals surface area contributed by atoms with Gasteiger partial charge in [0, 0.05) is 12.1 Å². The summed E-state index contributed by atoms with van der Waals surface area (Å²) in [6.45, 7) is 0.109. The molecule has 0 spiro atoms.